The van der Waals surface area contributed by atoms with Crippen molar-refractivity contribution in [3.63, 3.8) is 0 Å². The number of hydrogen-bond acceptors (Lipinski definition) is 26. The van der Waals surface area contributed by atoms with Gasteiger partial charge in [0.2, 0.25) is 82.7 Å². The number of carbonyl (C=O) groups is 17. The van der Waals surface area contributed by atoms with Crippen molar-refractivity contribution in [1.82, 2.24) is 78.7 Å². The van der Waals surface area contributed by atoms with Crippen molar-refractivity contribution in [3.05, 3.63) is 18.2 Å². The number of aliphatic carboxylic acids is 3. The molecule has 694 valence electrons. The first-order valence-electron chi connectivity index (χ1n) is 42.0. The first kappa shape index (κ1) is 110. The highest BCUT2D eigenvalue weighted by Crippen LogP contribution is 2.16. The fraction of sp³-hybridized carbons (Fsp3) is 0.744. The molecule has 0 aliphatic heterocycles. The van der Waals surface area contributed by atoms with E-state index in [1.54, 1.807) is 0 Å². The smallest absolute Gasteiger partial charge is 0.317 e. The third-order valence-electron chi connectivity index (χ3n) is 18.6. The van der Waals surface area contributed by atoms with E-state index in [1.165, 1.54) is 76.7 Å². The topological polar surface area (TPSA) is 677 Å². The quantitative estimate of drug-likeness (QED) is 0.0278. The number of nitrogens with zero attached hydrogens (tertiary/aromatic N) is 2. The zero-order chi connectivity index (χ0) is 90.7. The average Bonchev–Trinajstić information content (AvgIpc) is 1.08. The Morgan fingerprint density at radius 3 is 1.24 bits per heavy atom. The van der Waals surface area contributed by atoms with Crippen LogP contribution in [0.15, 0.2) is 12.5 Å². The van der Waals surface area contributed by atoms with Gasteiger partial charge in [0, 0.05) is 70.4 Å². The van der Waals surface area contributed by atoms with Gasteiger partial charge in [0.05, 0.1) is 91.1 Å². The summed E-state index contributed by atoms with van der Waals surface area (Å²) in [6, 6.07) is -12.6. The van der Waals surface area contributed by atoms with Crippen LogP contribution in [0.25, 0.3) is 0 Å². The highest BCUT2D eigenvalue weighted by Gasteiger charge is 2.35. The fourth-order valence-electron chi connectivity index (χ4n) is 12.0. The molecule has 0 unspecified atom stereocenters. The molecule has 1 aromatic heterocycles. The fourth-order valence-corrected chi connectivity index (χ4v) is 12.0. The largest absolute Gasteiger partial charge is 0.481 e. The van der Waals surface area contributed by atoms with Crippen molar-refractivity contribution in [2.75, 3.05) is 118 Å². The number of nitrogens with two attached hydrogens (primary N) is 2. The molecule has 14 amide bonds. The van der Waals surface area contributed by atoms with Crippen molar-refractivity contribution in [3.8, 4) is 0 Å². The van der Waals surface area contributed by atoms with Crippen molar-refractivity contribution in [2.24, 2.45) is 11.5 Å². The molecule has 122 heavy (non-hydrogen) atoms. The monoisotopic (exact) mass is 1740 g/mol. The van der Waals surface area contributed by atoms with Crippen molar-refractivity contribution < 1.29 is 131 Å². The first-order chi connectivity index (χ1) is 58.4. The number of imidazole rings is 1. The Morgan fingerprint density at radius 2 is 0.795 bits per heavy atom. The Balaban J connectivity index is 2.72. The summed E-state index contributed by atoms with van der Waals surface area (Å²) in [6.07, 6.45) is 21.3. The normalized spacial score (nSPS) is 13.1. The number of aromatic amines is 1. The van der Waals surface area contributed by atoms with E-state index in [0.717, 1.165) is 56.3 Å². The zero-order valence-corrected chi connectivity index (χ0v) is 70.5. The maximum atomic E-state index is 14.3. The van der Waals surface area contributed by atoms with Crippen molar-refractivity contribution >= 4 is 101 Å². The highest BCUT2D eigenvalue weighted by molar-refractivity contribution is 5.98. The minimum absolute atomic E-state index is 0.00892. The van der Waals surface area contributed by atoms with Crippen LogP contribution >= 0.6 is 0 Å². The Kier molecular flexibility index (Phi) is 62.5. The van der Waals surface area contributed by atoms with Crippen LogP contribution in [0.3, 0.4) is 0 Å². The molecule has 44 heteroatoms. The summed E-state index contributed by atoms with van der Waals surface area (Å²) in [5, 5.41) is 87.0. The van der Waals surface area contributed by atoms with E-state index in [-0.39, 0.29) is 128 Å². The maximum Gasteiger partial charge on any atom is 0.317 e. The number of nitrogens with one attached hydrogen (secondary N) is 13. The zero-order valence-electron chi connectivity index (χ0n) is 70.5. The van der Waals surface area contributed by atoms with Crippen LogP contribution in [-0.2, 0) is 107 Å². The van der Waals surface area contributed by atoms with Gasteiger partial charge in [-0.1, -0.05) is 110 Å². The average molecular weight is 1740 g/mol. The van der Waals surface area contributed by atoms with Crippen LogP contribution in [0.5, 0.6) is 0 Å². The van der Waals surface area contributed by atoms with E-state index in [0.29, 0.717) is 19.4 Å². The maximum absolute atomic E-state index is 14.3. The van der Waals surface area contributed by atoms with Gasteiger partial charge in [-0.25, -0.2) is 4.98 Å². The van der Waals surface area contributed by atoms with Gasteiger partial charge in [0.15, 0.2) is 0 Å². The van der Waals surface area contributed by atoms with Crippen LogP contribution in [0, 0.1) is 0 Å². The number of carbonyl (C=O) groups excluding carboxylic acids is 14. The van der Waals surface area contributed by atoms with Crippen LogP contribution in [0.1, 0.15) is 206 Å². The number of hydrogen-bond donors (Lipinski definition) is 21. The van der Waals surface area contributed by atoms with Crippen molar-refractivity contribution in [1.29, 1.82) is 0 Å². The molecule has 0 bridgehead atoms. The molecule has 0 saturated heterocycles. The molecule has 0 fully saturated rings. The number of primary amides is 2. The van der Waals surface area contributed by atoms with Gasteiger partial charge in [0.1, 0.15) is 55.5 Å². The molecule has 8 atom stereocenters. The number of amides is 14. The lowest BCUT2D eigenvalue weighted by Crippen LogP contribution is -2.61. The summed E-state index contributed by atoms with van der Waals surface area (Å²) in [6.45, 7) is -1.56. The van der Waals surface area contributed by atoms with E-state index in [2.05, 4.69) is 73.8 Å². The molecule has 0 radical (unpaired) electrons. The number of carboxylic acid groups (broad SMARTS) is 3. The third kappa shape index (κ3) is 58.0. The molecular weight excluding hydrogens is 1610 g/mol. The highest BCUT2D eigenvalue weighted by atomic mass is 16.5. The molecule has 0 aliphatic carbocycles. The molecule has 1 heterocycles. The lowest BCUT2D eigenvalue weighted by Gasteiger charge is -2.27. The summed E-state index contributed by atoms with van der Waals surface area (Å²) < 4.78 is 21.4. The lowest BCUT2D eigenvalue weighted by molar-refractivity contribution is -0.142. The van der Waals surface area contributed by atoms with Gasteiger partial charge < -0.3 is 130 Å². The predicted octanol–water partition coefficient (Wildman–Crippen LogP) is -3.78. The summed E-state index contributed by atoms with van der Waals surface area (Å²) in [7, 11) is 0. The molecule has 1 aromatic rings. The SMILES string of the molecule is CCCC[C@@H](C)NC(=O)CCNC(=O)[C@H](CCCCN(CC(=O)O)CC(=O)O)NC(=O)[C@H](Cc1c[nH]cn1)NC(=O)[C@H](CCC(N)=O)NC(=O)[C@H](CO)NC(=O)[C@H](CO)NC(=O)[C@H](CCC(N)=O)NC(=O)[C@@H](CO)NC(=O)CNC(=O)COCCOCCNC(=O)COCCOCCNC(=O)CCCCCCCCCCCCCCCCCCC(=O)O. The van der Waals surface area contributed by atoms with Gasteiger partial charge in [-0.05, 0) is 64.8 Å². The molecule has 44 nitrogen and oxygen atoms in total. The van der Waals surface area contributed by atoms with Crippen molar-refractivity contribution in [2.45, 2.75) is 255 Å². The second-order valence-corrected chi connectivity index (χ2v) is 29.3. The summed E-state index contributed by atoms with van der Waals surface area (Å²) >= 11 is 0. The van der Waals surface area contributed by atoms with E-state index in [4.69, 9.17) is 35.5 Å². The number of aliphatic hydroxyl groups is 3. The molecule has 0 saturated carbocycles. The van der Waals surface area contributed by atoms with E-state index in [9.17, 15) is 107 Å². The number of carboxylic acids is 3. The second kappa shape index (κ2) is 69.4. The van der Waals surface area contributed by atoms with E-state index >= 15 is 0 Å². The van der Waals surface area contributed by atoms with Crippen LogP contribution in [-0.4, -0.2) is 313 Å². The summed E-state index contributed by atoms with van der Waals surface area (Å²) in [4.78, 5) is 225. The van der Waals surface area contributed by atoms with E-state index < -0.39 is 203 Å². The van der Waals surface area contributed by atoms with Gasteiger partial charge in [-0.15, -0.1) is 0 Å². The number of rotatable bonds is 78. The number of unbranched alkanes of at least 4 members (excludes halogenated alkanes) is 17. The summed E-state index contributed by atoms with van der Waals surface area (Å²) in [5.74, 6) is -16.0. The predicted molar refractivity (Wildman–Crippen MR) is 437 cm³/mol. The number of ether oxygens (including phenoxy) is 4. The van der Waals surface area contributed by atoms with Gasteiger partial charge in [0.25, 0.3) is 0 Å². The Hall–Kier alpha value is -10.1. The molecule has 0 aliphatic rings. The molecule has 0 spiro atoms. The van der Waals surface area contributed by atoms with Gasteiger partial charge in [-0.3, -0.25) is 86.4 Å². The Morgan fingerprint density at radius 1 is 0.385 bits per heavy atom. The summed E-state index contributed by atoms with van der Waals surface area (Å²) in [5.41, 5.74) is 10.9. The molecule has 23 N–H and O–H groups in total. The Bertz CT molecular complexity index is 3270. The number of H-pyrrole nitrogens is 1. The van der Waals surface area contributed by atoms with Gasteiger partial charge >= 0.3 is 17.9 Å². The number of aliphatic hydroxyl groups excluding tert-OH is 3. The first-order valence-corrected chi connectivity index (χ1v) is 42.0. The molecular formula is C78H135N17O27. The van der Waals surface area contributed by atoms with Crippen LogP contribution in [0.4, 0.5) is 0 Å². The van der Waals surface area contributed by atoms with Crippen LogP contribution in [0.2, 0.25) is 0 Å². The minimum Gasteiger partial charge on any atom is -0.481 e. The molecule has 0 aromatic carbocycles. The lowest BCUT2D eigenvalue weighted by atomic mass is 10.0. The second-order valence-electron chi connectivity index (χ2n) is 29.3. The van der Waals surface area contributed by atoms with E-state index in [1.807, 2.05) is 13.8 Å². The standard InChI is InChI=1S/C78H135N17O27/c1-3-4-23-53(2)87-65(102)31-32-84-72(112)55(24-21-22-35-95(45-70(108)109)46-71(110)111)89-75(115)58(42-54-43-81-52-86-54)92-73(113)56(27-29-62(79)99)91-77(117)60(48-97)94-78(118)61(49-98)93-74(114)57(28-30-63(80)100)90-76(116)59(47-96)88-66(103)44-85-68(105)51-122-41-39-120-37-34-83-67(104)50-121-40-38-119-36-33-82-64(101)25-19-17-15-13-11-9-7-5-6-8-10-12-14-16-18-20-26-69(106)107/h43,52-53,55-61,96-98H,3-42,44-51H2,1-2H3,(H2,79,99)(H2,80,100)(H,81,86)(H,82,101)(H,83,104)(H,84,112)(H,85,105)(H,87,102)(H,88,103)(H,89,115)(H,90,116)(H,91,117)(H,92,113)(H,93,114)(H,94,118)(H,106,107)(H,108,109)(H,110,111)/t53-,55+,56+,57+,58+,59-,60+,61+/m1/s1. The van der Waals surface area contributed by atoms with Gasteiger partial charge in [-0.2, -0.15) is 0 Å². The Labute approximate surface area is 710 Å². The third-order valence-corrected chi connectivity index (χ3v) is 18.6. The number of aromatic nitrogens is 2. The molecule has 1 rings (SSSR count). The minimum atomic E-state index is -2.02. The van der Waals surface area contributed by atoms with Crippen LogP contribution < -0.4 is 75.3 Å².